The van der Waals surface area contributed by atoms with Crippen molar-refractivity contribution < 1.29 is 0 Å². The molecule has 1 rings (SSSR count). The van der Waals surface area contributed by atoms with E-state index in [2.05, 4.69) is 63.4 Å². The van der Waals surface area contributed by atoms with Crippen LogP contribution in [0.5, 0.6) is 0 Å². The van der Waals surface area contributed by atoms with E-state index in [0.717, 1.165) is 9.08 Å². The minimum absolute atomic E-state index is 0.144. The summed E-state index contributed by atoms with van der Waals surface area (Å²) >= 11 is 6.94. The van der Waals surface area contributed by atoms with Crippen LogP contribution in [0.3, 0.4) is 0 Å². The van der Waals surface area contributed by atoms with Gasteiger partial charge in [-0.1, -0.05) is 0 Å². The maximum Gasteiger partial charge on any atom is 0.0995 e. The van der Waals surface area contributed by atoms with E-state index in [4.69, 9.17) is 0 Å². The molecule has 0 N–H and O–H groups in total. The fraction of sp³-hybridized carbons (Fsp3) is 0.500. The minimum atomic E-state index is 0.144. The third kappa shape index (κ3) is 1.88. The lowest BCUT2D eigenvalue weighted by Crippen LogP contribution is -2.20. The Morgan fingerprint density at radius 2 is 1.82 bits per heavy atom. The van der Waals surface area contributed by atoms with Gasteiger partial charge in [-0.3, -0.25) is 0 Å². The van der Waals surface area contributed by atoms with E-state index in [1.807, 2.05) is 6.07 Å². The summed E-state index contributed by atoms with van der Waals surface area (Å²) < 4.78 is 4.38. The van der Waals surface area contributed by atoms with Crippen molar-refractivity contribution in [2.45, 2.75) is 26.3 Å². The SMILES string of the molecule is CC(C)(C)n1ccc(Br)c1Br. The predicted octanol–water partition coefficient (Wildman–Crippen LogP) is 3.77. The molecule has 11 heavy (non-hydrogen) atoms. The Labute approximate surface area is 84.0 Å². The third-order valence-corrected chi connectivity index (χ3v) is 3.48. The fourth-order valence-electron chi connectivity index (χ4n) is 0.907. The molecule has 0 spiro atoms. The first kappa shape index (κ1) is 9.33. The lowest BCUT2D eigenvalue weighted by molar-refractivity contribution is 0.391. The molecule has 0 aliphatic heterocycles. The smallest absolute Gasteiger partial charge is 0.0995 e. The van der Waals surface area contributed by atoms with E-state index in [0.29, 0.717) is 0 Å². The van der Waals surface area contributed by atoms with E-state index in [-0.39, 0.29) is 5.54 Å². The molecular formula is C8H11Br2N. The summed E-state index contributed by atoms with van der Waals surface area (Å²) in [5.74, 6) is 0. The van der Waals surface area contributed by atoms with Gasteiger partial charge >= 0.3 is 0 Å². The quantitative estimate of drug-likeness (QED) is 0.682. The highest BCUT2D eigenvalue weighted by Crippen LogP contribution is 2.29. The first-order valence-corrected chi connectivity index (χ1v) is 5.04. The van der Waals surface area contributed by atoms with Gasteiger partial charge in [-0.05, 0) is 58.7 Å². The van der Waals surface area contributed by atoms with Crippen LogP contribution in [0.4, 0.5) is 0 Å². The highest BCUT2D eigenvalue weighted by atomic mass is 79.9. The molecule has 0 saturated heterocycles. The van der Waals surface area contributed by atoms with Gasteiger partial charge in [0.05, 0.1) is 4.60 Å². The molecule has 0 saturated carbocycles. The van der Waals surface area contributed by atoms with Crippen LogP contribution in [0, 0.1) is 0 Å². The highest BCUT2D eigenvalue weighted by molar-refractivity contribution is 9.13. The van der Waals surface area contributed by atoms with Gasteiger partial charge in [-0.25, -0.2) is 0 Å². The molecule has 3 heteroatoms. The Hall–Kier alpha value is 0.240. The molecule has 0 radical (unpaired) electrons. The summed E-state index contributed by atoms with van der Waals surface area (Å²) in [6.45, 7) is 6.51. The average Bonchev–Trinajstić information content (AvgIpc) is 2.11. The molecule has 1 heterocycles. The Balaban J connectivity index is 3.15. The molecule has 0 aliphatic carbocycles. The zero-order valence-corrected chi connectivity index (χ0v) is 10.0. The Morgan fingerprint density at radius 3 is 2.00 bits per heavy atom. The van der Waals surface area contributed by atoms with Crippen LogP contribution in [0.2, 0.25) is 0 Å². The van der Waals surface area contributed by atoms with Crippen molar-refractivity contribution in [2.75, 3.05) is 0 Å². The number of nitrogens with zero attached hydrogens (tertiary/aromatic N) is 1. The molecule has 0 atom stereocenters. The molecule has 0 bridgehead atoms. The number of hydrogen-bond donors (Lipinski definition) is 0. The lowest BCUT2D eigenvalue weighted by atomic mass is 10.1. The van der Waals surface area contributed by atoms with Gasteiger partial charge in [-0.15, -0.1) is 0 Å². The average molecular weight is 281 g/mol. The van der Waals surface area contributed by atoms with Gasteiger partial charge in [0.25, 0.3) is 0 Å². The number of aromatic nitrogens is 1. The molecule has 1 nitrogen and oxygen atoms in total. The van der Waals surface area contributed by atoms with E-state index in [1.165, 1.54) is 0 Å². The number of rotatable bonds is 0. The van der Waals surface area contributed by atoms with Crippen LogP contribution in [-0.2, 0) is 5.54 Å². The highest BCUT2D eigenvalue weighted by Gasteiger charge is 2.15. The van der Waals surface area contributed by atoms with Gasteiger partial charge in [0.1, 0.15) is 0 Å². The summed E-state index contributed by atoms with van der Waals surface area (Å²) in [4.78, 5) is 0. The molecule has 0 fully saturated rings. The number of hydrogen-bond acceptors (Lipinski definition) is 0. The van der Waals surface area contributed by atoms with Gasteiger partial charge in [0.2, 0.25) is 0 Å². The fourth-order valence-corrected chi connectivity index (χ4v) is 2.00. The van der Waals surface area contributed by atoms with Crippen molar-refractivity contribution in [3.8, 4) is 0 Å². The largest absolute Gasteiger partial charge is 0.336 e. The second kappa shape index (κ2) is 2.94. The summed E-state index contributed by atoms with van der Waals surface area (Å²) in [5, 5.41) is 0. The van der Waals surface area contributed by atoms with Crippen LogP contribution in [0.1, 0.15) is 20.8 Å². The van der Waals surface area contributed by atoms with E-state index < -0.39 is 0 Å². The molecular weight excluding hydrogens is 270 g/mol. The summed E-state index contributed by atoms with van der Waals surface area (Å²) in [6.07, 6.45) is 2.06. The van der Waals surface area contributed by atoms with Crippen molar-refractivity contribution in [1.82, 2.24) is 4.57 Å². The van der Waals surface area contributed by atoms with Crippen molar-refractivity contribution >= 4 is 31.9 Å². The molecule has 1 aromatic heterocycles. The van der Waals surface area contributed by atoms with Crippen molar-refractivity contribution in [1.29, 1.82) is 0 Å². The van der Waals surface area contributed by atoms with Crippen molar-refractivity contribution in [3.05, 3.63) is 21.3 Å². The van der Waals surface area contributed by atoms with Gasteiger partial charge < -0.3 is 4.57 Å². The zero-order chi connectivity index (χ0) is 8.65. The van der Waals surface area contributed by atoms with E-state index in [1.54, 1.807) is 0 Å². The Kier molecular flexibility index (Phi) is 2.49. The first-order chi connectivity index (χ1) is 4.93. The number of halogens is 2. The molecule has 62 valence electrons. The van der Waals surface area contributed by atoms with Crippen LogP contribution >= 0.6 is 31.9 Å². The zero-order valence-electron chi connectivity index (χ0n) is 6.86. The molecule has 1 aromatic rings. The van der Waals surface area contributed by atoms with Gasteiger partial charge in [0.15, 0.2) is 0 Å². The second-order valence-electron chi connectivity index (χ2n) is 3.50. The Bertz CT molecular complexity index is 258. The normalized spacial score (nSPS) is 12.1. The van der Waals surface area contributed by atoms with Crippen molar-refractivity contribution in [3.63, 3.8) is 0 Å². The van der Waals surface area contributed by atoms with Gasteiger partial charge in [0, 0.05) is 16.2 Å². The maximum absolute atomic E-state index is 3.50. The van der Waals surface area contributed by atoms with Crippen LogP contribution < -0.4 is 0 Å². The van der Waals surface area contributed by atoms with Crippen molar-refractivity contribution in [2.24, 2.45) is 0 Å². The summed E-state index contributed by atoms with van der Waals surface area (Å²) in [6, 6.07) is 2.04. The van der Waals surface area contributed by atoms with Crippen LogP contribution in [0.15, 0.2) is 21.3 Å². The van der Waals surface area contributed by atoms with E-state index in [9.17, 15) is 0 Å². The lowest BCUT2D eigenvalue weighted by Gasteiger charge is -2.22. The summed E-state index contributed by atoms with van der Waals surface area (Å²) in [5.41, 5.74) is 0.144. The summed E-state index contributed by atoms with van der Waals surface area (Å²) in [7, 11) is 0. The van der Waals surface area contributed by atoms with E-state index >= 15 is 0 Å². The molecule has 0 aliphatic rings. The molecule has 0 unspecified atom stereocenters. The molecule has 0 aromatic carbocycles. The second-order valence-corrected chi connectivity index (χ2v) is 5.10. The van der Waals surface area contributed by atoms with Gasteiger partial charge in [-0.2, -0.15) is 0 Å². The third-order valence-electron chi connectivity index (χ3n) is 1.50. The first-order valence-electron chi connectivity index (χ1n) is 3.46. The van der Waals surface area contributed by atoms with Crippen LogP contribution in [-0.4, -0.2) is 4.57 Å². The maximum atomic E-state index is 3.50. The monoisotopic (exact) mass is 279 g/mol. The molecule has 0 amide bonds. The minimum Gasteiger partial charge on any atom is -0.336 e. The standard InChI is InChI=1S/C8H11Br2N/c1-8(2,3)11-5-4-6(9)7(11)10/h4-5H,1-3H3. The Morgan fingerprint density at radius 1 is 1.27 bits per heavy atom. The predicted molar refractivity (Wildman–Crippen MR) is 54.8 cm³/mol. The topological polar surface area (TPSA) is 4.93 Å². The van der Waals surface area contributed by atoms with Crippen LogP contribution in [0.25, 0.3) is 0 Å².